The number of carbonyl (C=O) groups is 1. The number of hydrogen-bond acceptors (Lipinski definition) is 3. The Morgan fingerprint density at radius 1 is 1.19 bits per heavy atom. The van der Waals surface area contributed by atoms with Crippen molar-refractivity contribution in [2.45, 2.75) is 6.92 Å². The fourth-order valence-electron chi connectivity index (χ4n) is 1.80. The molecule has 0 radical (unpaired) electrons. The Hall–Kier alpha value is -2.63. The Balaban J connectivity index is 2.27. The van der Waals surface area contributed by atoms with Crippen LogP contribution >= 0.6 is 0 Å². The maximum Gasteiger partial charge on any atom is 0.257 e. The zero-order valence-electron chi connectivity index (χ0n) is 11.3. The highest BCUT2D eigenvalue weighted by Crippen LogP contribution is 2.26. The van der Waals surface area contributed by atoms with Crippen LogP contribution in [0.2, 0.25) is 0 Å². The summed E-state index contributed by atoms with van der Waals surface area (Å²) in [4.78, 5) is 12.1. The smallest absolute Gasteiger partial charge is 0.257 e. The number of nitrogens with two attached hydrogens (primary N) is 1. The van der Waals surface area contributed by atoms with E-state index in [-0.39, 0.29) is 17.0 Å². The third kappa shape index (κ3) is 3.47. The predicted molar refractivity (Wildman–Crippen MR) is 76.3 cm³/mol. The fourth-order valence-corrected chi connectivity index (χ4v) is 1.80. The lowest BCUT2D eigenvalue weighted by atomic mass is 10.1. The third-order valence-electron chi connectivity index (χ3n) is 2.75. The van der Waals surface area contributed by atoms with E-state index < -0.39 is 17.5 Å². The molecular formula is C15H14F2N2O2. The summed E-state index contributed by atoms with van der Waals surface area (Å²) in [5.74, 6) is -1.31. The van der Waals surface area contributed by atoms with Gasteiger partial charge in [0.25, 0.3) is 5.91 Å². The van der Waals surface area contributed by atoms with Crippen molar-refractivity contribution in [1.82, 2.24) is 0 Å². The average Bonchev–Trinajstić information content (AvgIpc) is 2.42. The molecule has 0 unspecified atom stereocenters. The van der Waals surface area contributed by atoms with Gasteiger partial charge in [-0.05, 0) is 37.3 Å². The molecule has 0 saturated heterocycles. The van der Waals surface area contributed by atoms with E-state index in [2.05, 4.69) is 5.32 Å². The van der Waals surface area contributed by atoms with Gasteiger partial charge in [0, 0.05) is 11.8 Å². The van der Waals surface area contributed by atoms with Crippen LogP contribution in [0.4, 0.5) is 20.2 Å². The molecule has 2 rings (SSSR count). The van der Waals surface area contributed by atoms with E-state index in [1.54, 1.807) is 6.92 Å². The van der Waals surface area contributed by atoms with Crippen molar-refractivity contribution in [2.75, 3.05) is 17.7 Å². The first kappa shape index (κ1) is 14.8. The Morgan fingerprint density at radius 3 is 2.52 bits per heavy atom. The van der Waals surface area contributed by atoms with Crippen LogP contribution in [0.25, 0.3) is 0 Å². The molecule has 0 saturated carbocycles. The summed E-state index contributed by atoms with van der Waals surface area (Å²) in [5.41, 5.74) is 6.07. The van der Waals surface area contributed by atoms with Gasteiger partial charge in [-0.2, -0.15) is 0 Å². The number of rotatable bonds is 4. The maximum atomic E-state index is 13.2. The van der Waals surface area contributed by atoms with Crippen molar-refractivity contribution in [3.05, 3.63) is 53.6 Å². The summed E-state index contributed by atoms with van der Waals surface area (Å²) in [6, 6.07) is 7.24. The number of hydrogen-bond donors (Lipinski definition) is 2. The van der Waals surface area contributed by atoms with Crippen LogP contribution in [-0.4, -0.2) is 12.5 Å². The van der Waals surface area contributed by atoms with E-state index in [4.69, 9.17) is 10.5 Å². The molecular weight excluding hydrogens is 278 g/mol. The lowest BCUT2D eigenvalue weighted by Gasteiger charge is -2.12. The molecule has 0 aliphatic carbocycles. The van der Waals surface area contributed by atoms with E-state index in [9.17, 15) is 13.6 Å². The minimum atomic E-state index is -0.528. The second-order valence-electron chi connectivity index (χ2n) is 4.26. The summed E-state index contributed by atoms with van der Waals surface area (Å²) in [6.07, 6.45) is 0. The Morgan fingerprint density at radius 2 is 1.86 bits per heavy atom. The van der Waals surface area contributed by atoms with E-state index in [1.165, 1.54) is 24.3 Å². The second-order valence-corrected chi connectivity index (χ2v) is 4.26. The van der Waals surface area contributed by atoms with E-state index in [1.807, 2.05) is 0 Å². The lowest BCUT2D eigenvalue weighted by Crippen LogP contribution is -2.15. The quantitative estimate of drug-likeness (QED) is 0.851. The normalized spacial score (nSPS) is 10.2. The minimum absolute atomic E-state index is 0.0209. The van der Waals surface area contributed by atoms with E-state index in [0.717, 1.165) is 12.1 Å². The van der Waals surface area contributed by atoms with Crippen LogP contribution in [0.5, 0.6) is 5.75 Å². The van der Waals surface area contributed by atoms with Gasteiger partial charge in [-0.1, -0.05) is 0 Å². The maximum absolute atomic E-state index is 13.2. The molecule has 3 N–H and O–H groups in total. The highest BCUT2D eigenvalue weighted by molar-refractivity contribution is 6.08. The topological polar surface area (TPSA) is 64.3 Å². The summed E-state index contributed by atoms with van der Waals surface area (Å²) in [6.45, 7) is 2.07. The predicted octanol–water partition coefficient (Wildman–Crippen LogP) is 3.20. The van der Waals surface area contributed by atoms with Gasteiger partial charge in [-0.15, -0.1) is 0 Å². The molecule has 1 amide bonds. The number of benzene rings is 2. The number of anilines is 2. The zero-order chi connectivity index (χ0) is 15.4. The van der Waals surface area contributed by atoms with E-state index in [0.29, 0.717) is 12.3 Å². The van der Waals surface area contributed by atoms with Crippen molar-refractivity contribution in [3.8, 4) is 5.75 Å². The highest BCUT2D eigenvalue weighted by atomic mass is 19.1. The van der Waals surface area contributed by atoms with Crippen molar-refractivity contribution < 1.29 is 18.3 Å². The van der Waals surface area contributed by atoms with Gasteiger partial charge in [0.15, 0.2) is 0 Å². The molecule has 0 atom stereocenters. The van der Waals surface area contributed by atoms with Gasteiger partial charge in [0.1, 0.15) is 17.4 Å². The number of ether oxygens (including phenoxy) is 1. The second kappa shape index (κ2) is 6.21. The number of nitrogen functional groups attached to an aromatic ring is 1. The molecule has 0 heterocycles. The zero-order valence-corrected chi connectivity index (χ0v) is 11.3. The number of nitrogens with one attached hydrogen (secondary N) is 1. The van der Waals surface area contributed by atoms with Crippen molar-refractivity contribution >= 4 is 17.3 Å². The molecule has 0 aromatic heterocycles. The first-order valence-corrected chi connectivity index (χ1v) is 6.30. The van der Waals surface area contributed by atoms with Crippen LogP contribution in [0, 0.1) is 11.6 Å². The van der Waals surface area contributed by atoms with Gasteiger partial charge in [-0.25, -0.2) is 8.78 Å². The average molecular weight is 292 g/mol. The van der Waals surface area contributed by atoms with Gasteiger partial charge < -0.3 is 15.8 Å². The van der Waals surface area contributed by atoms with Gasteiger partial charge in [0.05, 0.1) is 17.9 Å². The Kier molecular flexibility index (Phi) is 4.37. The molecule has 0 spiro atoms. The van der Waals surface area contributed by atoms with Crippen molar-refractivity contribution in [2.24, 2.45) is 0 Å². The van der Waals surface area contributed by atoms with Crippen LogP contribution in [0.3, 0.4) is 0 Å². The van der Waals surface area contributed by atoms with Gasteiger partial charge in [0.2, 0.25) is 0 Å². The Labute approximate surface area is 120 Å². The standard InChI is InChI=1S/C15H14F2N2O2/c1-2-21-14-8-10(17)4-6-13(14)19-15(20)11-5-3-9(16)7-12(11)18/h3-8H,2,18H2,1H3,(H,19,20). The van der Waals surface area contributed by atoms with Crippen LogP contribution in [0.15, 0.2) is 36.4 Å². The third-order valence-corrected chi connectivity index (χ3v) is 2.75. The monoisotopic (exact) mass is 292 g/mol. The Bertz CT molecular complexity index is 675. The lowest BCUT2D eigenvalue weighted by molar-refractivity contribution is 0.102. The molecule has 110 valence electrons. The number of halogens is 2. The number of amides is 1. The van der Waals surface area contributed by atoms with Crippen LogP contribution in [-0.2, 0) is 0 Å². The molecule has 0 fully saturated rings. The first-order chi connectivity index (χ1) is 10.0. The molecule has 4 nitrogen and oxygen atoms in total. The molecule has 2 aromatic carbocycles. The molecule has 6 heteroatoms. The SMILES string of the molecule is CCOc1cc(F)ccc1NC(=O)c1ccc(F)cc1N. The van der Waals surface area contributed by atoms with Crippen molar-refractivity contribution in [3.63, 3.8) is 0 Å². The van der Waals surface area contributed by atoms with Gasteiger partial charge >= 0.3 is 0 Å². The summed E-state index contributed by atoms with van der Waals surface area (Å²) in [5, 5.41) is 2.57. The van der Waals surface area contributed by atoms with Crippen molar-refractivity contribution in [1.29, 1.82) is 0 Å². The largest absolute Gasteiger partial charge is 0.492 e. The molecule has 2 aromatic rings. The fraction of sp³-hybridized carbons (Fsp3) is 0.133. The molecule has 21 heavy (non-hydrogen) atoms. The molecule has 0 bridgehead atoms. The highest BCUT2D eigenvalue weighted by Gasteiger charge is 2.13. The minimum Gasteiger partial charge on any atom is -0.492 e. The van der Waals surface area contributed by atoms with Crippen LogP contribution in [0.1, 0.15) is 17.3 Å². The molecule has 0 aliphatic rings. The van der Waals surface area contributed by atoms with Gasteiger partial charge in [-0.3, -0.25) is 4.79 Å². The summed E-state index contributed by atoms with van der Waals surface area (Å²) < 4.78 is 31.4. The van der Waals surface area contributed by atoms with Crippen LogP contribution < -0.4 is 15.8 Å². The molecule has 0 aliphatic heterocycles. The summed E-state index contributed by atoms with van der Waals surface area (Å²) >= 11 is 0. The first-order valence-electron chi connectivity index (χ1n) is 6.30. The van der Waals surface area contributed by atoms with E-state index >= 15 is 0 Å². The number of carbonyl (C=O) groups excluding carboxylic acids is 1. The summed E-state index contributed by atoms with van der Waals surface area (Å²) in [7, 11) is 0.